The van der Waals surface area contributed by atoms with E-state index in [4.69, 9.17) is 5.73 Å². The maximum absolute atomic E-state index is 5.79. The molecular formula is C8H15N3. The maximum atomic E-state index is 5.79. The lowest BCUT2D eigenvalue weighted by Gasteiger charge is -2.20. The molecule has 0 spiro atoms. The molecule has 0 saturated heterocycles. The van der Waals surface area contributed by atoms with Gasteiger partial charge in [-0.05, 0) is 27.7 Å². The molecule has 0 aromatic carbocycles. The van der Waals surface area contributed by atoms with Gasteiger partial charge in [0, 0.05) is 5.56 Å². The first-order valence-corrected chi connectivity index (χ1v) is 3.73. The van der Waals surface area contributed by atoms with Crippen molar-refractivity contribution in [1.82, 2.24) is 9.78 Å². The molecular weight excluding hydrogens is 138 g/mol. The Kier molecular flexibility index (Phi) is 1.66. The van der Waals surface area contributed by atoms with Crippen molar-refractivity contribution in [3.05, 3.63) is 11.8 Å². The molecule has 11 heavy (non-hydrogen) atoms. The van der Waals surface area contributed by atoms with Gasteiger partial charge in [-0.1, -0.05) is 0 Å². The molecule has 0 bridgehead atoms. The number of hydrogen-bond donors (Lipinski definition) is 1. The number of nitrogen functional groups attached to an aromatic ring is 1. The van der Waals surface area contributed by atoms with Crippen LogP contribution in [0.25, 0.3) is 0 Å². The zero-order chi connectivity index (χ0) is 8.65. The van der Waals surface area contributed by atoms with Crippen molar-refractivity contribution in [1.29, 1.82) is 0 Å². The molecule has 0 saturated carbocycles. The summed E-state index contributed by atoms with van der Waals surface area (Å²) in [4.78, 5) is 0. The number of aryl methyl sites for hydroxylation is 1. The normalized spacial score (nSPS) is 12.0. The van der Waals surface area contributed by atoms with Crippen LogP contribution in [0, 0.1) is 6.92 Å². The minimum atomic E-state index is -0.0155. The van der Waals surface area contributed by atoms with E-state index in [0.717, 1.165) is 11.4 Å². The molecule has 0 unspecified atom stereocenters. The van der Waals surface area contributed by atoms with Gasteiger partial charge in [0.2, 0.25) is 0 Å². The number of anilines is 1. The summed E-state index contributed by atoms with van der Waals surface area (Å²) in [6.45, 7) is 8.20. The highest BCUT2D eigenvalue weighted by Crippen LogP contribution is 2.19. The van der Waals surface area contributed by atoms with Gasteiger partial charge in [0.05, 0.1) is 11.7 Å². The van der Waals surface area contributed by atoms with Crippen molar-refractivity contribution in [2.75, 3.05) is 5.73 Å². The monoisotopic (exact) mass is 153 g/mol. The fourth-order valence-electron chi connectivity index (χ4n) is 0.974. The van der Waals surface area contributed by atoms with E-state index in [1.165, 1.54) is 0 Å². The standard InChI is InChI=1S/C8H15N3/c1-6-5-10-11(7(6)9)8(2,3)4/h5H,9H2,1-4H3. The van der Waals surface area contributed by atoms with Crippen LogP contribution in [0.1, 0.15) is 26.3 Å². The Bertz CT molecular complexity index is 255. The molecule has 3 nitrogen and oxygen atoms in total. The number of rotatable bonds is 0. The van der Waals surface area contributed by atoms with Crippen LogP contribution in [0.4, 0.5) is 5.82 Å². The number of nitrogens with zero attached hydrogens (tertiary/aromatic N) is 2. The van der Waals surface area contributed by atoms with Gasteiger partial charge in [-0.25, -0.2) is 4.68 Å². The molecule has 62 valence electrons. The van der Waals surface area contributed by atoms with Crippen LogP contribution in [0.5, 0.6) is 0 Å². The highest BCUT2D eigenvalue weighted by Gasteiger charge is 2.16. The quantitative estimate of drug-likeness (QED) is 0.614. The summed E-state index contributed by atoms with van der Waals surface area (Å²) in [6, 6.07) is 0. The third-order valence-corrected chi connectivity index (χ3v) is 1.63. The highest BCUT2D eigenvalue weighted by atomic mass is 15.3. The zero-order valence-electron chi connectivity index (χ0n) is 7.55. The average molecular weight is 153 g/mol. The second kappa shape index (κ2) is 2.26. The molecule has 1 aromatic heterocycles. The predicted molar refractivity (Wildman–Crippen MR) is 46.4 cm³/mol. The molecule has 1 heterocycles. The van der Waals surface area contributed by atoms with Gasteiger partial charge in [0.1, 0.15) is 5.82 Å². The van der Waals surface area contributed by atoms with E-state index in [0.29, 0.717) is 0 Å². The molecule has 0 atom stereocenters. The van der Waals surface area contributed by atoms with Crippen LogP contribution in [0.2, 0.25) is 0 Å². The second-order valence-electron chi connectivity index (χ2n) is 3.80. The molecule has 1 aromatic rings. The van der Waals surface area contributed by atoms with Gasteiger partial charge in [-0.2, -0.15) is 5.10 Å². The summed E-state index contributed by atoms with van der Waals surface area (Å²) in [5, 5.41) is 4.18. The Morgan fingerprint density at radius 2 is 2.00 bits per heavy atom. The molecule has 0 amide bonds. The summed E-state index contributed by atoms with van der Waals surface area (Å²) in [5.41, 5.74) is 6.82. The van der Waals surface area contributed by atoms with E-state index in [-0.39, 0.29) is 5.54 Å². The fraction of sp³-hybridized carbons (Fsp3) is 0.625. The third-order valence-electron chi connectivity index (χ3n) is 1.63. The second-order valence-corrected chi connectivity index (χ2v) is 3.80. The lowest BCUT2D eigenvalue weighted by atomic mass is 10.1. The van der Waals surface area contributed by atoms with Crippen molar-refractivity contribution in [2.45, 2.75) is 33.2 Å². The smallest absolute Gasteiger partial charge is 0.125 e. The highest BCUT2D eigenvalue weighted by molar-refractivity contribution is 5.37. The SMILES string of the molecule is Cc1cnn(C(C)(C)C)c1N. The van der Waals surface area contributed by atoms with E-state index in [1.54, 1.807) is 6.20 Å². The van der Waals surface area contributed by atoms with Crippen LogP contribution in [-0.4, -0.2) is 9.78 Å². The minimum Gasteiger partial charge on any atom is -0.384 e. The Morgan fingerprint density at radius 3 is 2.18 bits per heavy atom. The zero-order valence-corrected chi connectivity index (χ0v) is 7.55. The predicted octanol–water partition coefficient (Wildman–Crippen LogP) is 1.53. The molecule has 2 N–H and O–H groups in total. The van der Waals surface area contributed by atoms with Crippen molar-refractivity contribution in [3.63, 3.8) is 0 Å². The first kappa shape index (κ1) is 8.11. The Hall–Kier alpha value is -0.990. The van der Waals surface area contributed by atoms with Gasteiger partial charge in [-0.3, -0.25) is 0 Å². The van der Waals surface area contributed by atoms with Crippen molar-refractivity contribution < 1.29 is 0 Å². The lowest BCUT2D eigenvalue weighted by molar-refractivity contribution is 0.361. The number of aromatic nitrogens is 2. The largest absolute Gasteiger partial charge is 0.384 e. The van der Waals surface area contributed by atoms with Crippen molar-refractivity contribution in [3.8, 4) is 0 Å². The Balaban J connectivity index is 3.15. The van der Waals surface area contributed by atoms with Gasteiger partial charge >= 0.3 is 0 Å². The van der Waals surface area contributed by atoms with Crippen LogP contribution in [-0.2, 0) is 5.54 Å². The third kappa shape index (κ3) is 1.37. The van der Waals surface area contributed by atoms with E-state index in [9.17, 15) is 0 Å². The average Bonchev–Trinajstić information content (AvgIpc) is 2.11. The Labute approximate surface area is 67.2 Å². The molecule has 0 radical (unpaired) electrons. The first-order chi connectivity index (χ1) is 4.93. The number of hydrogen-bond acceptors (Lipinski definition) is 2. The summed E-state index contributed by atoms with van der Waals surface area (Å²) < 4.78 is 1.84. The Morgan fingerprint density at radius 1 is 1.45 bits per heavy atom. The topological polar surface area (TPSA) is 43.8 Å². The molecule has 3 heteroatoms. The van der Waals surface area contributed by atoms with Gasteiger partial charge < -0.3 is 5.73 Å². The van der Waals surface area contributed by atoms with E-state index in [1.807, 2.05) is 11.6 Å². The number of nitrogens with two attached hydrogens (primary N) is 1. The minimum absolute atomic E-state index is 0.0155. The summed E-state index contributed by atoms with van der Waals surface area (Å²) in [7, 11) is 0. The summed E-state index contributed by atoms with van der Waals surface area (Å²) >= 11 is 0. The van der Waals surface area contributed by atoms with Gasteiger partial charge in [-0.15, -0.1) is 0 Å². The van der Waals surface area contributed by atoms with E-state index < -0.39 is 0 Å². The molecule has 1 rings (SSSR count). The molecule has 0 fully saturated rings. The first-order valence-electron chi connectivity index (χ1n) is 3.73. The van der Waals surface area contributed by atoms with Crippen LogP contribution in [0.15, 0.2) is 6.20 Å². The van der Waals surface area contributed by atoms with E-state index >= 15 is 0 Å². The molecule has 0 aliphatic carbocycles. The molecule has 0 aliphatic heterocycles. The van der Waals surface area contributed by atoms with Gasteiger partial charge in [0.25, 0.3) is 0 Å². The fourth-order valence-corrected chi connectivity index (χ4v) is 0.974. The maximum Gasteiger partial charge on any atom is 0.125 e. The lowest BCUT2D eigenvalue weighted by Crippen LogP contribution is -2.24. The van der Waals surface area contributed by atoms with Crippen molar-refractivity contribution >= 4 is 5.82 Å². The van der Waals surface area contributed by atoms with Crippen LogP contribution < -0.4 is 5.73 Å². The van der Waals surface area contributed by atoms with Crippen molar-refractivity contribution in [2.24, 2.45) is 0 Å². The summed E-state index contributed by atoms with van der Waals surface area (Å²) in [5.74, 6) is 0.762. The van der Waals surface area contributed by atoms with Gasteiger partial charge in [0.15, 0.2) is 0 Å². The van der Waals surface area contributed by atoms with Crippen LogP contribution >= 0.6 is 0 Å². The van der Waals surface area contributed by atoms with E-state index in [2.05, 4.69) is 25.9 Å². The van der Waals surface area contributed by atoms with Crippen LogP contribution in [0.3, 0.4) is 0 Å². The molecule has 0 aliphatic rings. The summed E-state index contributed by atoms with van der Waals surface area (Å²) in [6.07, 6.45) is 1.79.